The number of hydrogen-bond donors (Lipinski definition) is 2. The Hall–Kier alpha value is -1.78. The first kappa shape index (κ1) is 14.3. The lowest BCUT2D eigenvalue weighted by Gasteiger charge is -2.24. The number of likely N-dealkylation sites (N-methyl/N-ethyl adjacent to an activating group) is 1. The number of anilines is 2. The zero-order valence-electron chi connectivity index (χ0n) is 11.5. The quantitative estimate of drug-likeness (QED) is 0.808. The summed E-state index contributed by atoms with van der Waals surface area (Å²) in [5.74, 6) is 0.894. The van der Waals surface area contributed by atoms with Crippen LogP contribution in [0.15, 0.2) is 18.3 Å². The van der Waals surface area contributed by atoms with E-state index in [-0.39, 0.29) is 11.9 Å². The summed E-state index contributed by atoms with van der Waals surface area (Å²) >= 11 is 0. The molecule has 2 N–H and O–H groups in total. The van der Waals surface area contributed by atoms with E-state index in [1.807, 2.05) is 44.9 Å². The second-order valence-electron chi connectivity index (χ2n) is 4.06. The van der Waals surface area contributed by atoms with Crippen molar-refractivity contribution in [2.24, 2.45) is 0 Å². The highest BCUT2D eigenvalue weighted by atomic mass is 16.2. The topological polar surface area (TPSA) is 57.3 Å². The monoisotopic (exact) mass is 250 g/mol. The number of pyridine rings is 1. The Kier molecular flexibility index (Phi) is 5.42. The van der Waals surface area contributed by atoms with E-state index >= 15 is 0 Å². The van der Waals surface area contributed by atoms with Crippen molar-refractivity contribution in [2.45, 2.75) is 26.8 Å². The average molecular weight is 250 g/mol. The summed E-state index contributed by atoms with van der Waals surface area (Å²) in [6.07, 6.45) is 1.71. The molecule has 0 aliphatic rings. The van der Waals surface area contributed by atoms with Crippen molar-refractivity contribution in [3.8, 4) is 0 Å². The van der Waals surface area contributed by atoms with Gasteiger partial charge in [-0.15, -0.1) is 0 Å². The standard InChI is InChI=1S/C13H22N4O/c1-5-17(6-2)13(18)10(3)16-11-7-8-15-12(9-11)14-4/h7-10H,5-6H2,1-4H3,(H2,14,15,16). The first-order valence-corrected chi connectivity index (χ1v) is 6.31. The highest BCUT2D eigenvalue weighted by Crippen LogP contribution is 2.13. The molecule has 0 aromatic carbocycles. The number of rotatable bonds is 6. The molecule has 1 heterocycles. The summed E-state index contributed by atoms with van der Waals surface area (Å²) in [5, 5.41) is 6.16. The zero-order chi connectivity index (χ0) is 13.5. The average Bonchev–Trinajstić information content (AvgIpc) is 2.40. The fourth-order valence-corrected chi connectivity index (χ4v) is 1.78. The number of amides is 1. The van der Waals surface area contributed by atoms with Gasteiger partial charge in [-0.05, 0) is 26.8 Å². The highest BCUT2D eigenvalue weighted by molar-refractivity contribution is 5.84. The molecule has 1 atom stereocenters. The van der Waals surface area contributed by atoms with E-state index in [9.17, 15) is 4.79 Å². The molecule has 1 aromatic rings. The Labute approximate surface area is 109 Å². The molecule has 0 saturated carbocycles. The van der Waals surface area contributed by atoms with Crippen LogP contribution in [0.1, 0.15) is 20.8 Å². The molecule has 0 spiro atoms. The first-order chi connectivity index (χ1) is 8.62. The van der Waals surface area contributed by atoms with E-state index in [0.29, 0.717) is 0 Å². The van der Waals surface area contributed by atoms with E-state index < -0.39 is 0 Å². The number of nitrogens with zero attached hydrogens (tertiary/aromatic N) is 2. The van der Waals surface area contributed by atoms with Gasteiger partial charge in [0, 0.05) is 38.1 Å². The number of nitrogens with one attached hydrogen (secondary N) is 2. The van der Waals surface area contributed by atoms with Crippen LogP contribution in [-0.2, 0) is 4.79 Å². The number of aromatic nitrogens is 1. The van der Waals surface area contributed by atoms with E-state index in [2.05, 4.69) is 15.6 Å². The Morgan fingerprint density at radius 3 is 2.67 bits per heavy atom. The highest BCUT2D eigenvalue weighted by Gasteiger charge is 2.17. The minimum atomic E-state index is -0.239. The maximum Gasteiger partial charge on any atom is 0.244 e. The van der Waals surface area contributed by atoms with Crippen molar-refractivity contribution in [1.82, 2.24) is 9.88 Å². The van der Waals surface area contributed by atoms with Gasteiger partial charge in [-0.3, -0.25) is 4.79 Å². The Morgan fingerprint density at radius 1 is 1.44 bits per heavy atom. The predicted molar refractivity (Wildman–Crippen MR) is 74.8 cm³/mol. The van der Waals surface area contributed by atoms with Crippen LogP contribution >= 0.6 is 0 Å². The number of hydrogen-bond acceptors (Lipinski definition) is 4. The SMILES string of the molecule is CCN(CC)C(=O)C(C)Nc1ccnc(NC)c1. The van der Waals surface area contributed by atoms with Crippen LogP contribution in [0.5, 0.6) is 0 Å². The minimum absolute atomic E-state index is 0.114. The van der Waals surface area contributed by atoms with E-state index in [4.69, 9.17) is 0 Å². The molecule has 1 rings (SSSR count). The molecule has 5 nitrogen and oxygen atoms in total. The molecule has 0 fully saturated rings. The second kappa shape index (κ2) is 6.83. The Morgan fingerprint density at radius 2 is 2.11 bits per heavy atom. The van der Waals surface area contributed by atoms with Gasteiger partial charge < -0.3 is 15.5 Å². The van der Waals surface area contributed by atoms with Crippen LogP contribution in [0.4, 0.5) is 11.5 Å². The van der Waals surface area contributed by atoms with Gasteiger partial charge in [-0.1, -0.05) is 0 Å². The fraction of sp³-hybridized carbons (Fsp3) is 0.538. The van der Waals surface area contributed by atoms with Gasteiger partial charge in [0.2, 0.25) is 5.91 Å². The lowest BCUT2D eigenvalue weighted by atomic mass is 10.2. The van der Waals surface area contributed by atoms with Crippen LogP contribution in [0.25, 0.3) is 0 Å². The molecule has 0 bridgehead atoms. The second-order valence-corrected chi connectivity index (χ2v) is 4.06. The molecule has 0 radical (unpaired) electrons. The summed E-state index contributed by atoms with van der Waals surface area (Å²) in [6.45, 7) is 7.32. The number of carbonyl (C=O) groups excluding carboxylic acids is 1. The largest absolute Gasteiger partial charge is 0.374 e. The van der Waals surface area contributed by atoms with Crippen molar-refractivity contribution in [2.75, 3.05) is 30.8 Å². The third-order valence-corrected chi connectivity index (χ3v) is 2.84. The van der Waals surface area contributed by atoms with Gasteiger partial charge >= 0.3 is 0 Å². The molecule has 1 unspecified atom stereocenters. The van der Waals surface area contributed by atoms with Crippen LogP contribution in [0, 0.1) is 0 Å². The smallest absolute Gasteiger partial charge is 0.244 e. The van der Waals surface area contributed by atoms with Gasteiger partial charge in [-0.2, -0.15) is 0 Å². The molecular weight excluding hydrogens is 228 g/mol. The van der Waals surface area contributed by atoms with Gasteiger partial charge in [0.15, 0.2) is 0 Å². The Bertz CT molecular complexity index is 390. The summed E-state index contributed by atoms with van der Waals surface area (Å²) in [6, 6.07) is 3.50. The summed E-state index contributed by atoms with van der Waals surface area (Å²) in [7, 11) is 1.82. The molecule has 100 valence electrons. The minimum Gasteiger partial charge on any atom is -0.374 e. The lowest BCUT2D eigenvalue weighted by Crippen LogP contribution is -2.41. The van der Waals surface area contributed by atoms with Gasteiger partial charge in [-0.25, -0.2) is 4.98 Å². The van der Waals surface area contributed by atoms with Gasteiger partial charge in [0.1, 0.15) is 11.9 Å². The van der Waals surface area contributed by atoms with Crippen molar-refractivity contribution in [3.05, 3.63) is 18.3 Å². The van der Waals surface area contributed by atoms with Crippen LogP contribution in [0.2, 0.25) is 0 Å². The lowest BCUT2D eigenvalue weighted by molar-refractivity contribution is -0.131. The maximum atomic E-state index is 12.1. The maximum absolute atomic E-state index is 12.1. The fourth-order valence-electron chi connectivity index (χ4n) is 1.78. The van der Waals surface area contributed by atoms with E-state index in [1.54, 1.807) is 6.20 Å². The van der Waals surface area contributed by atoms with Crippen molar-refractivity contribution in [1.29, 1.82) is 0 Å². The van der Waals surface area contributed by atoms with Crippen LogP contribution < -0.4 is 10.6 Å². The molecule has 0 aliphatic heterocycles. The van der Waals surface area contributed by atoms with Crippen LogP contribution in [0.3, 0.4) is 0 Å². The molecule has 5 heteroatoms. The Balaban J connectivity index is 2.68. The molecule has 0 saturated heterocycles. The summed E-state index contributed by atoms with van der Waals surface area (Å²) < 4.78 is 0. The first-order valence-electron chi connectivity index (χ1n) is 6.31. The van der Waals surface area contributed by atoms with Crippen molar-refractivity contribution < 1.29 is 4.79 Å². The molecule has 1 aromatic heterocycles. The zero-order valence-corrected chi connectivity index (χ0v) is 11.5. The number of carbonyl (C=O) groups is 1. The molecule has 18 heavy (non-hydrogen) atoms. The van der Waals surface area contributed by atoms with E-state index in [0.717, 1.165) is 24.6 Å². The van der Waals surface area contributed by atoms with Crippen molar-refractivity contribution in [3.63, 3.8) is 0 Å². The van der Waals surface area contributed by atoms with Crippen LogP contribution in [-0.4, -0.2) is 42.0 Å². The summed E-state index contributed by atoms with van der Waals surface area (Å²) in [4.78, 5) is 18.0. The van der Waals surface area contributed by atoms with E-state index in [1.165, 1.54) is 0 Å². The molecule has 0 aliphatic carbocycles. The van der Waals surface area contributed by atoms with Crippen molar-refractivity contribution >= 4 is 17.4 Å². The third-order valence-electron chi connectivity index (χ3n) is 2.84. The van der Waals surface area contributed by atoms with Gasteiger partial charge in [0.25, 0.3) is 0 Å². The van der Waals surface area contributed by atoms with Gasteiger partial charge in [0.05, 0.1) is 0 Å². The normalized spacial score (nSPS) is 11.8. The predicted octanol–water partition coefficient (Wildman–Crippen LogP) is 1.79. The molecular formula is C13H22N4O. The third kappa shape index (κ3) is 3.61. The summed E-state index contributed by atoms with van der Waals surface area (Å²) in [5.41, 5.74) is 0.891. The molecule has 1 amide bonds.